The third-order valence-electron chi connectivity index (χ3n) is 4.02. The van der Waals surface area contributed by atoms with E-state index in [9.17, 15) is 0 Å². The number of rotatable bonds is 7. The third kappa shape index (κ3) is 7.62. The van der Waals surface area contributed by atoms with Crippen molar-refractivity contribution < 1.29 is 0 Å². The minimum absolute atomic E-state index is 0. The Labute approximate surface area is 167 Å². The second kappa shape index (κ2) is 12.0. The Morgan fingerprint density at radius 1 is 1.21 bits per heavy atom. The number of aromatic nitrogens is 1. The molecule has 0 amide bonds. The van der Waals surface area contributed by atoms with Gasteiger partial charge in [0.05, 0.1) is 6.54 Å². The van der Waals surface area contributed by atoms with E-state index in [1.165, 1.54) is 37.6 Å². The summed E-state index contributed by atoms with van der Waals surface area (Å²) in [6.45, 7) is 15.8. The van der Waals surface area contributed by atoms with E-state index in [4.69, 9.17) is 0 Å². The first-order chi connectivity index (χ1) is 11.2. The molecule has 0 bridgehead atoms. The summed E-state index contributed by atoms with van der Waals surface area (Å²) in [4.78, 5) is 15.2. The minimum Gasteiger partial charge on any atom is -0.357 e. The number of likely N-dealkylation sites (N-methyl/N-ethyl adjacent to an activating group) is 1. The van der Waals surface area contributed by atoms with Gasteiger partial charge in [-0.05, 0) is 20.4 Å². The van der Waals surface area contributed by atoms with Crippen LogP contribution < -0.4 is 10.6 Å². The lowest BCUT2D eigenvalue weighted by molar-refractivity contribution is 0.139. The van der Waals surface area contributed by atoms with Crippen LogP contribution in [0.4, 0.5) is 0 Å². The molecule has 6 nitrogen and oxygen atoms in total. The number of hydrogen-bond acceptors (Lipinski definition) is 5. The first-order valence-corrected chi connectivity index (χ1v) is 9.41. The Morgan fingerprint density at radius 2 is 1.92 bits per heavy atom. The maximum absolute atomic E-state index is 4.62. The van der Waals surface area contributed by atoms with Crippen molar-refractivity contribution in [2.45, 2.75) is 27.3 Å². The number of halogens is 1. The van der Waals surface area contributed by atoms with Crippen molar-refractivity contribution in [3.8, 4) is 0 Å². The number of hydrogen-bond donors (Lipinski definition) is 2. The van der Waals surface area contributed by atoms with Crippen molar-refractivity contribution in [1.82, 2.24) is 25.4 Å². The van der Waals surface area contributed by atoms with Crippen molar-refractivity contribution >= 4 is 41.3 Å². The topological polar surface area (TPSA) is 55.8 Å². The van der Waals surface area contributed by atoms with Crippen molar-refractivity contribution in [2.75, 3.05) is 52.4 Å². The van der Waals surface area contributed by atoms with Gasteiger partial charge in [-0.3, -0.25) is 4.90 Å². The van der Waals surface area contributed by atoms with Crippen LogP contribution in [0, 0.1) is 6.92 Å². The van der Waals surface area contributed by atoms with E-state index in [0.717, 1.165) is 30.6 Å². The Hall–Kier alpha value is -0.450. The van der Waals surface area contributed by atoms with Gasteiger partial charge in [-0.1, -0.05) is 6.92 Å². The van der Waals surface area contributed by atoms with Crippen LogP contribution in [0.15, 0.2) is 11.2 Å². The van der Waals surface area contributed by atoms with Gasteiger partial charge in [-0.25, -0.2) is 9.98 Å². The predicted octanol–water partition coefficient (Wildman–Crippen LogP) is 1.76. The highest BCUT2D eigenvalue weighted by atomic mass is 127. The summed E-state index contributed by atoms with van der Waals surface area (Å²) < 4.78 is 0. The third-order valence-corrected chi connectivity index (χ3v) is 4.92. The lowest BCUT2D eigenvalue weighted by Gasteiger charge is -2.34. The van der Waals surface area contributed by atoms with Crippen LogP contribution in [0.25, 0.3) is 0 Å². The number of nitrogens with zero attached hydrogens (tertiary/aromatic N) is 4. The summed E-state index contributed by atoms with van der Waals surface area (Å²) in [7, 11) is 0. The number of nitrogens with one attached hydrogen (secondary N) is 2. The van der Waals surface area contributed by atoms with Crippen LogP contribution in [0.5, 0.6) is 0 Å². The second-order valence-electron chi connectivity index (χ2n) is 5.76. The zero-order valence-electron chi connectivity index (χ0n) is 15.0. The number of aliphatic imine (C=N–C) groups is 1. The van der Waals surface area contributed by atoms with Crippen LogP contribution in [0.3, 0.4) is 0 Å². The average Bonchev–Trinajstić information content (AvgIpc) is 2.99. The molecule has 1 aromatic rings. The van der Waals surface area contributed by atoms with Crippen LogP contribution in [0.1, 0.15) is 23.7 Å². The van der Waals surface area contributed by atoms with Gasteiger partial charge < -0.3 is 15.5 Å². The Kier molecular flexibility index (Phi) is 10.8. The fourth-order valence-corrected chi connectivity index (χ4v) is 3.34. The second-order valence-corrected chi connectivity index (χ2v) is 7.08. The maximum Gasteiger partial charge on any atom is 0.191 e. The molecule has 0 radical (unpaired) electrons. The molecule has 0 unspecified atom stereocenters. The van der Waals surface area contributed by atoms with Crippen molar-refractivity contribution in [3.05, 3.63) is 16.1 Å². The molecule has 0 atom stereocenters. The molecule has 1 aliphatic heterocycles. The van der Waals surface area contributed by atoms with E-state index in [2.05, 4.69) is 51.2 Å². The zero-order valence-corrected chi connectivity index (χ0v) is 18.2. The summed E-state index contributed by atoms with van der Waals surface area (Å²) in [5, 5.41) is 7.80. The number of guanidine groups is 1. The van der Waals surface area contributed by atoms with Gasteiger partial charge in [0.2, 0.25) is 0 Å². The molecule has 24 heavy (non-hydrogen) atoms. The molecule has 8 heteroatoms. The quantitative estimate of drug-likeness (QED) is 0.365. The van der Waals surface area contributed by atoms with E-state index in [1.54, 1.807) is 11.3 Å². The lowest BCUT2D eigenvalue weighted by atomic mass is 10.3. The predicted molar refractivity (Wildman–Crippen MR) is 114 cm³/mol. The van der Waals surface area contributed by atoms with Crippen molar-refractivity contribution in [1.29, 1.82) is 0 Å². The first-order valence-electron chi connectivity index (χ1n) is 8.59. The van der Waals surface area contributed by atoms with E-state index in [1.807, 2.05) is 6.20 Å². The maximum atomic E-state index is 4.62. The van der Waals surface area contributed by atoms with Gasteiger partial charge in [0.1, 0.15) is 5.01 Å². The van der Waals surface area contributed by atoms with Crippen LogP contribution in [-0.2, 0) is 6.54 Å². The SMILES string of the molecule is CCNC(=NCc1ncc(C)s1)NCCN1CCN(CC)CC1.I. The highest BCUT2D eigenvalue weighted by molar-refractivity contribution is 14.0. The number of aryl methyl sites for hydroxylation is 1. The average molecular weight is 466 g/mol. The fraction of sp³-hybridized carbons (Fsp3) is 0.750. The molecule has 0 spiro atoms. The van der Waals surface area contributed by atoms with Gasteiger partial charge in [0.15, 0.2) is 5.96 Å². The largest absolute Gasteiger partial charge is 0.357 e. The van der Waals surface area contributed by atoms with Gasteiger partial charge in [-0.15, -0.1) is 35.3 Å². The zero-order chi connectivity index (χ0) is 16.5. The summed E-state index contributed by atoms with van der Waals surface area (Å²) >= 11 is 1.71. The van der Waals surface area contributed by atoms with Crippen molar-refractivity contribution in [2.24, 2.45) is 4.99 Å². The Bertz CT molecular complexity index is 485. The molecule has 2 heterocycles. The van der Waals surface area contributed by atoms with E-state index in [-0.39, 0.29) is 24.0 Å². The summed E-state index contributed by atoms with van der Waals surface area (Å²) in [5.74, 6) is 0.882. The Balaban J connectivity index is 0.00000288. The molecular formula is C16H31IN6S. The van der Waals surface area contributed by atoms with Crippen LogP contribution >= 0.6 is 35.3 Å². The molecule has 1 aromatic heterocycles. The van der Waals surface area contributed by atoms with Crippen molar-refractivity contribution in [3.63, 3.8) is 0 Å². The molecule has 138 valence electrons. The molecule has 0 aliphatic carbocycles. The monoisotopic (exact) mass is 466 g/mol. The molecule has 2 rings (SSSR count). The minimum atomic E-state index is 0. The highest BCUT2D eigenvalue weighted by Gasteiger charge is 2.14. The number of piperazine rings is 1. The molecule has 1 saturated heterocycles. The normalized spacial score (nSPS) is 16.7. The summed E-state index contributed by atoms with van der Waals surface area (Å²) in [6, 6.07) is 0. The fourth-order valence-electron chi connectivity index (χ4n) is 2.62. The van der Waals surface area contributed by atoms with E-state index < -0.39 is 0 Å². The van der Waals surface area contributed by atoms with Gasteiger partial charge in [0.25, 0.3) is 0 Å². The molecule has 1 fully saturated rings. The summed E-state index contributed by atoms with van der Waals surface area (Å²) in [5.41, 5.74) is 0. The van der Waals surface area contributed by atoms with E-state index in [0.29, 0.717) is 6.54 Å². The molecule has 0 saturated carbocycles. The number of thiazole rings is 1. The lowest BCUT2D eigenvalue weighted by Crippen LogP contribution is -2.49. The van der Waals surface area contributed by atoms with Crippen LogP contribution in [0.2, 0.25) is 0 Å². The van der Waals surface area contributed by atoms with Gasteiger partial charge in [-0.2, -0.15) is 0 Å². The standard InChI is InChI=1S/C16H30N6S.HI/c1-4-17-16(20-13-15-19-12-14(3)23-15)18-6-7-22-10-8-21(5-2)9-11-22;/h12H,4-11,13H2,1-3H3,(H2,17,18,20);1H. The van der Waals surface area contributed by atoms with E-state index >= 15 is 0 Å². The smallest absolute Gasteiger partial charge is 0.191 e. The van der Waals surface area contributed by atoms with Gasteiger partial charge in [0, 0.05) is 56.9 Å². The van der Waals surface area contributed by atoms with Gasteiger partial charge >= 0.3 is 0 Å². The Morgan fingerprint density at radius 3 is 2.50 bits per heavy atom. The molecule has 1 aliphatic rings. The summed E-state index contributed by atoms with van der Waals surface area (Å²) in [6.07, 6.45) is 1.91. The molecular weight excluding hydrogens is 435 g/mol. The molecule has 2 N–H and O–H groups in total. The molecule has 0 aromatic carbocycles. The van der Waals surface area contributed by atoms with Crippen LogP contribution in [-0.4, -0.2) is 73.1 Å². The highest BCUT2D eigenvalue weighted by Crippen LogP contribution is 2.11. The first kappa shape index (κ1) is 21.6.